The van der Waals surface area contributed by atoms with E-state index in [9.17, 15) is 9.59 Å². The second-order valence-corrected chi connectivity index (χ2v) is 4.23. The van der Waals surface area contributed by atoms with Crippen molar-refractivity contribution in [2.45, 2.75) is 25.5 Å². The zero-order valence-corrected chi connectivity index (χ0v) is 9.91. The number of esters is 1. The summed E-state index contributed by atoms with van der Waals surface area (Å²) in [6.45, 7) is 0.587. The lowest BCUT2D eigenvalue weighted by Gasteiger charge is -2.19. The Hall–Kier alpha value is -2.04. The summed E-state index contributed by atoms with van der Waals surface area (Å²) in [5.74, 6) is -0.459. The summed E-state index contributed by atoms with van der Waals surface area (Å²) < 4.78 is 5.15. The number of rotatable bonds is 3. The minimum Gasteiger partial charge on any atom is -0.465 e. The van der Waals surface area contributed by atoms with E-state index in [1.807, 2.05) is 30.3 Å². The predicted octanol–water partition coefficient (Wildman–Crippen LogP) is 1.87. The molecule has 1 N–H and O–H groups in total. The van der Waals surface area contributed by atoms with Crippen molar-refractivity contribution in [1.29, 1.82) is 0 Å². The summed E-state index contributed by atoms with van der Waals surface area (Å²) >= 11 is 0. The van der Waals surface area contributed by atoms with E-state index < -0.39 is 18.1 Å². The number of carbonyl (C=O) groups excluding carboxylic acids is 1. The molecule has 1 aromatic rings. The van der Waals surface area contributed by atoms with Gasteiger partial charge >= 0.3 is 12.1 Å². The van der Waals surface area contributed by atoms with Crippen molar-refractivity contribution < 1.29 is 19.4 Å². The Bertz CT molecular complexity index is 432. The third-order valence-electron chi connectivity index (χ3n) is 2.99. The smallest absolute Gasteiger partial charge is 0.408 e. The Kier molecular flexibility index (Phi) is 3.82. The van der Waals surface area contributed by atoms with Gasteiger partial charge in [-0.3, -0.25) is 4.90 Å². The van der Waals surface area contributed by atoms with Gasteiger partial charge < -0.3 is 9.84 Å². The molecule has 1 atom stereocenters. The van der Waals surface area contributed by atoms with E-state index in [0.29, 0.717) is 19.4 Å². The molecule has 0 unspecified atom stereocenters. The van der Waals surface area contributed by atoms with E-state index in [0.717, 1.165) is 10.5 Å². The number of benzene rings is 1. The lowest BCUT2D eigenvalue weighted by Crippen LogP contribution is -2.40. The maximum absolute atomic E-state index is 11.8. The van der Waals surface area contributed by atoms with Gasteiger partial charge in [-0.05, 0) is 18.4 Å². The molecular formula is C13H15NO4. The van der Waals surface area contributed by atoms with Gasteiger partial charge in [0.2, 0.25) is 0 Å². The molecule has 96 valence electrons. The number of hydrogen-bond acceptors (Lipinski definition) is 3. The summed E-state index contributed by atoms with van der Waals surface area (Å²) in [5.41, 5.74) is 0.894. The number of nitrogens with zero attached hydrogens (tertiary/aromatic N) is 1. The van der Waals surface area contributed by atoms with Crippen LogP contribution in [0.2, 0.25) is 0 Å². The van der Waals surface area contributed by atoms with E-state index in [1.54, 1.807) is 0 Å². The average molecular weight is 249 g/mol. The quantitative estimate of drug-likeness (QED) is 0.830. The number of hydrogen-bond donors (Lipinski definition) is 1. The first-order valence-electron chi connectivity index (χ1n) is 5.88. The van der Waals surface area contributed by atoms with Crippen LogP contribution in [0.4, 0.5) is 4.79 Å². The van der Waals surface area contributed by atoms with Crippen molar-refractivity contribution in [3.8, 4) is 0 Å². The van der Waals surface area contributed by atoms with E-state index in [1.165, 1.54) is 0 Å². The predicted molar refractivity (Wildman–Crippen MR) is 64.0 cm³/mol. The highest BCUT2D eigenvalue weighted by molar-refractivity contribution is 5.81. The first-order valence-corrected chi connectivity index (χ1v) is 5.88. The van der Waals surface area contributed by atoms with Gasteiger partial charge in [0, 0.05) is 6.54 Å². The zero-order chi connectivity index (χ0) is 13.0. The molecule has 1 saturated heterocycles. The molecule has 5 nitrogen and oxygen atoms in total. The van der Waals surface area contributed by atoms with Crippen molar-refractivity contribution in [3.05, 3.63) is 35.9 Å². The highest BCUT2D eigenvalue weighted by Crippen LogP contribution is 2.19. The van der Waals surface area contributed by atoms with Crippen LogP contribution in [0.15, 0.2) is 30.3 Å². The molecule has 0 aliphatic carbocycles. The molecule has 1 aromatic carbocycles. The number of likely N-dealkylation sites (tertiary alicyclic amines) is 1. The third-order valence-corrected chi connectivity index (χ3v) is 2.99. The van der Waals surface area contributed by atoms with Gasteiger partial charge in [-0.1, -0.05) is 30.3 Å². The van der Waals surface area contributed by atoms with Crippen molar-refractivity contribution in [2.75, 3.05) is 6.54 Å². The maximum Gasteiger partial charge on any atom is 0.408 e. The molecule has 1 aliphatic heterocycles. The lowest BCUT2D eigenvalue weighted by molar-refractivity contribution is -0.149. The Morgan fingerprint density at radius 2 is 2.06 bits per heavy atom. The van der Waals surface area contributed by atoms with E-state index >= 15 is 0 Å². The molecule has 0 saturated carbocycles. The topological polar surface area (TPSA) is 66.8 Å². The largest absolute Gasteiger partial charge is 0.465 e. The Morgan fingerprint density at radius 3 is 2.72 bits per heavy atom. The number of ether oxygens (including phenoxy) is 1. The van der Waals surface area contributed by atoms with Crippen molar-refractivity contribution in [3.63, 3.8) is 0 Å². The third kappa shape index (κ3) is 2.80. The van der Waals surface area contributed by atoms with Crippen LogP contribution in [0, 0.1) is 0 Å². The molecule has 1 aliphatic rings. The van der Waals surface area contributed by atoms with Gasteiger partial charge in [0.1, 0.15) is 12.6 Å². The van der Waals surface area contributed by atoms with Crippen molar-refractivity contribution in [1.82, 2.24) is 4.90 Å². The summed E-state index contributed by atoms with van der Waals surface area (Å²) in [6.07, 6.45) is 0.186. The number of carbonyl (C=O) groups is 2. The monoisotopic (exact) mass is 249 g/mol. The van der Waals surface area contributed by atoms with Gasteiger partial charge in [-0.15, -0.1) is 0 Å². The summed E-state index contributed by atoms with van der Waals surface area (Å²) in [5, 5.41) is 8.94. The molecule has 0 radical (unpaired) electrons. The van der Waals surface area contributed by atoms with Gasteiger partial charge in [0.15, 0.2) is 0 Å². The molecule has 1 heterocycles. The van der Waals surface area contributed by atoms with Gasteiger partial charge in [0.25, 0.3) is 0 Å². The molecule has 2 rings (SSSR count). The Labute approximate surface area is 105 Å². The molecule has 0 aromatic heterocycles. The van der Waals surface area contributed by atoms with Crippen molar-refractivity contribution in [2.24, 2.45) is 0 Å². The molecule has 5 heteroatoms. The van der Waals surface area contributed by atoms with Crippen LogP contribution < -0.4 is 0 Å². The fourth-order valence-corrected chi connectivity index (χ4v) is 2.07. The molecule has 0 bridgehead atoms. The van der Waals surface area contributed by atoms with Gasteiger partial charge in [-0.2, -0.15) is 0 Å². The second-order valence-electron chi connectivity index (χ2n) is 4.23. The summed E-state index contributed by atoms with van der Waals surface area (Å²) in [7, 11) is 0. The first-order chi connectivity index (χ1) is 8.68. The fourth-order valence-electron chi connectivity index (χ4n) is 2.07. The summed E-state index contributed by atoms with van der Waals surface area (Å²) in [6, 6.07) is 8.68. The van der Waals surface area contributed by atoms with Crippen LogP contribution in [0.5, 0.6) is 0 Å². The van der Waals surface area contributed by atoms with Crippen LogP contribution in [0.1, 0.15) is 18.4 Å². The van der Waals surface area contributed by atoms with Gasteiger partial charge in [-0.25, -0.2) is 9.59 Å². The van der Waals surface area contributed by atoms with Crippen LogP contribution in [-0.2, 0) is 16.1 Å². The minimum absolute atomic E-state index is 0.184. The van der Waals surface area contributed by atoms with Crippen LogP contribution in [0.25, 0.3) is 0 Å². The van der Waals surface area contributed by atoms with E-state index in [-0.39, 0.29) is 6.61 Å². The summed E-state index contributed by atoms with van der Waals surface area (Å²) in [4.78, 5) is 23.9. The van der Waals surface area contributed by atoms with Gasteiger partial charge in [0.05, 0.1) is 0 Å². The highest BCUT2D eigenvalue weighted by atomic mass is 16.5. The maximum atomic E-state index is 11.8. The number of amides is 1. The van der Waals surface area contributed by atoms with E-state index in [4.69, 9.17) is 9.84 Å². The molecule has 1 amide bonds. The second kappa shape index (κ2) is 5.53. The standard InChI is InChI=1S/C13H15NO4/c15-12(11-7-4-8-14(11)13(16)17)18-9-10-5-2-1-3-6-10/h1-3,5-6,11H,4,7-9H2,(H,16,17)/t11-/m0/s1. The van der Waals surface area contributed by atoms with Crippen LogP contribution in [0.3, 0.4) is 0 Å². The average Bonchev–Trinajstić information content (AvgIpc) is 2.86. The highest BCUT2D eigenvalue weighted by Gasteiger charge is 2.35. The van der Waals surface area contributed by atoms with Crippen molar-refractivity contribution >= 4 is 12.1 Å². The molecule has 0 spiro atoms. The van der Waals surface area contributed by atoms with Crippen LogP contribution in [-0.4, -0.2) is 34.7 Å². The minimum atomic E-state index is -1.06. The molecule has 1 fully saturated rings. The Balaban J connectivity index is 1.90. The van der Waals surface area contributed by atoms with E-state index in [2.05, 4.69) is 0 Å². The molecule has 18 heavy (non-hydrogen) atoms. The normalized spacial score (nSPS) is 18.7. The lowest BCUT2D eigenvalue weighted by atomic mass is 10.2. The van der Waals surface area contributed by atoms with Crippen LogP contribution >= 0.6 is 0 Å². The fraction of sp³-hybridized carbons (Fsp3) is 0.385. The number of carboxylic acid groups (broad SMARTS) is 1. The first kappa shape index (κ1) is 12.4. The zero-order valence-electron chi connectivity index (χ0n) is 9.91. The molecular weight excluding hydrogens is 234 g/mol. The SMILES string of the molecule is O=C(OCc1ccccc1)[C@@H]1CCCN1C(=O)O. The Morgan fingerprint density at radius 1 is 1.33 bits per heavy atom.